The Balaban J connectivity index is 2.00. The van der Waals surface area contributed by atoms with E-state index in [4.69, 9.17) is 4.74 Å². The molecule has 2 saturated heterocycles. The minimum absolute atomic E-state index is 0.0356. The summed E-state index contributed by atoms with van der Waals surface area (Å²) in [6.45, 7) is 4.63. The van der Waals surface area contributed by atoms with Crippen LogP contribution in [0.4, 0.5) is 0 Å². The summed E-state index contributed by atoms with van der Waals surface area (Å²) < 4.78 is 5.57. The van der Waals surface area contributed by atoms with Crippen molar-refractivity contribution in [2.45, 2.75) is 51.7 Å². The van der Waals surface area contributed by atoms with Crippen LogP contribution >= 0.6 is 0 Å². The van der Waals surface area contributed by atoms with E-state index in [1.807, 2.05) is 6.92 Å². The van der Waals surface area contributed by atoms with Gasteiger partial charge in [-0.25, -0.2) is 0 Å². The van der Waals surface area contributed by atoms with E-state index in [-0.39, 0.29) is 18.1 Å². The number of rotatable bonds is 2. The minimum atomic E-state index is -0.819. The summed E-state index contributed by atoms with van der Waals surface area (Å²) in [7, 11) is 0. The number of nitrogens with zero attached hydrogens (tertiary/aromatic N) is 1. The molecule has 0 spiro atoms. The van der Waals surface area contributed by atoms with Crippen LogP contribution in [-0.2, 0) is 14.3 Å². The first-order chi connectivity index (χ1) is 8.42. The zero-order valence-electron chi connectivity index (χ0n) is 11.0. The fourth-order valence-electron chi connectivity index (χ4n) is 2.79. The molecule has 0 aromatic rings. The maximum atomic E-state index is 12.3. The number of ether oxygens (including phenoxy) is 1. The van der Waals surface area contributed by atoms with E-state index in [0.29, 0.717) is 19.5 Å². The topological polar surface area (TPSA) is 66.8 Å². The molecule has 5 heteroatoms. The molecule has 2 fully saturated rings. The first kappa shape index (κ1) is 13.3. The second kappa shape index (κ2) is 4.88. The third kappa shape index (κ3) is 2.51. The fourth-order valence-corrected chi connectivity index (χ4v) is 2.79. The monoisotopic (exact) mass is 255 g/mol. The van der Waals surface area contributed by atoms with Gasteiger partial charge in [-0.05, 0) is 39.5 Å². The van der Waals surface area contributed by atoms with Crippen LogP contribution in [0.2, 0.25) is 0 Å². The van der Waals surface area contributed by atoms with Crippen molar-refractivity contribution in [1.29, 1.82) is 0 Å². The molecular formula is C13H21NO4. The number of carboxylic acids is 1. The van der Waals surface area contributed by atoms with Crippen molar-refractivity contribution < 1.29 is 19.4 Å². The Bertz CT molecular complexity index is 357. The lowest BCUT2D eigenvalue weighted by molar-refractivity contribution is -0.156. The van der Waals surface area contributed by atoms with Crippen LogP contribution in [0.1, 0.15) is 39.5 Å². The summed E-state index contributed by atoms with van der Waals surface area (Å²) in [4.78, 5) is 25.2. The van der Waals surface area contributed by atoms with Gasteiger partial charge < -0.3 is 14.7 Å². The molecule has 0 bridgehead atoms. The molecule has 1 N–H and O–H groups in total. The normalized spacial score (nSPS) is 36.7. The Morgan fingerprint density at radius 1 is 1.39 bits per heavy atom. The van der Waals surface area contributed by atoms with Gasteiger partial charge in [-0.15, -0.1) is 0 Å². The Hall–Kier alpha value is -1.10. The molecule has 102 valence electrons. The molecule has 5 nitrogen and oxygen atoms in total. The molecule has 18 heavy (non-hydrogen) atoms. The minimum Gasteiger partial charge on any atom is -0.481 e. The van der Waals surface area contributed by atoms with Gasteiger partial charge in [0.2, 0.25) is 0 Å². The number of carboxylic acid groups (broad SMARTS) is 1. The fraction of sp³-hybridized carbons (Fsp3) is 0.846. The molecule has 3 unspecified atom stereocenters. The highest BCUT2D eigenvalue weighted by atomic mass is 16.5. The van der Waals surface area contributed by atoms with E-state index >= 15 is 0 Å². The second-order valence-electron chi connectivity index (χ2n) is 5.74. The lowest BCUT2D eigenvalue weighted by atomic mass is 9.82. The highest BCUT2D eigenvalue weighted by Crippen LogP contribution is 2.31. The summed E-state index contributed by atoms with van der Waals surface area (Å²) in [6, 6.07) is 0. The molecule has 0 aromatic heterocycles. The van der Waals surface area contributed by atoms with Gasteiger partial charge in [-0.2, -0.15) is 0 Å². The molecule has 3 atom stereocenters. The predicted octanol–water partition coefficient (Wildman–Crippen LogP) is 1.27. The average molecular weight is 255 g/mol. The van der Waals surface area contributed by atoms with Crippen LogP contribution in [0.15, 0.2) is 0 Å². The number of carbonyl (C=O) groups is 2. The quantitative estimate of drug-likeness (QED) is 0.807. The summed E-state index contributed by atoms with van der Waals surface area (Å²) >= 11 is 0. The van der Waals surface area contributed by atoms with Crippen LogP contribution in [0.25, 0.3) is 0 Å². The van der Waals surface area contributed by atoms with Gasteiger partial charge in [0.25, 0.3) is 5.91 Å². The Morgan fingerprint density at radius 2 is 2.11 bits per heavy atom. The van der Waals surface area contributed by atoms with E-state index in [1.54, 1.807) is 11.8 Å². The van der Waals surface area contributed by atoms with E-state index in [2.05, 4.69) is 0 Å². The van der Waals surface area contributed by atoms with E-state index in [0.717, 1.165) is 19.3 Å². The maximum Gasteiger partial charge on any atom is 0.311 e. The van der Waals surface area contributed by atoms with Crippen molar-refractivity contribution in [1.82, 2.24) is 4.90 Å². The summed E-state index contributed by atoms with van der Waals surface area (Å²) in [6.07, 6.45) is 2.80. The van der Waals surface area contributed by atoms with Gasteiger partial charge in [-0.3, -0.25) is 9.59 Å². The Labute approximate surface area is 107 Å². The maximum absolute atomic E-state index is 12.3. The number of hydrogen-bond donors (Lipinski definition) is 1. The SMILES string of the molecule is CC1CCC(C(=O)N2CCCC(C)(C(=O)O)C2)O1. The molecule has 2 rings (SSSR count). The molecule has 0 radical (unpaired) electrons. The zero-order chi connectivity index (χ0) is 13.3. The van der Waals surface area contributed by atoms with Crippen LogP contribution < -0.4 is 0 Å². The molecule has 2 heterocycles. The van der Waals surface area contributed by atoms with Gasteiger partial charge in [0.15, 0.2) is 0 Å². The third-order valence-corrected chi connectivity index (χ3v) is 4.03. The molecule has 0 saturated carbocycles. The van der Waals surface area contributed by atoms with Gasteiger partial charge in [-0.1, -0.05) is 0 Å². The molecule has 0 aromatic carbocycles. The first-order valence-corrected chi connectivity index (χ1v) is 6.60. The largest absolute Gasteiger partial charge is 0.481 e. The van der Waals surface area contributed by atoms with Crippen molar-refractivity contribution in [3.8, 4) is 0 Å². The summed E-state index contributed by atoms with van der Waals surface area (Å²) in [5, 5.41) is 9.24. The number of carbonyl (C=O) groups excluding carboxylic acids is 1. The smallest absolute Gasteiger partial charge is 0.311 e. The van der Waals surface area contributed by atoms with Crippen LogP contribution in [0.5, 0.6) is 0 Å². The summed E-state index contributed by atoms with van der Waals surface area (Å²) in [5.74, 6) is -0.854. The number of amides is 1. The molecule has 0 aliphatic carbocycles. The highest BCUT2D eigenvalue weighted by molar-refractivity contribution is 5.83. The lowest BCUT2D eigenvalue weighted by Crippen LogP contribution is -2.51. The number of aliphatic carboxylic acids is 1. The Morgan fingerprint density at radius 3 is 2.67 bits per heavy atom. The van der Waals surface area contributed by atoms with Gasteiger partial charge >= 0.3 is 5.97 Å². The first-order valence-electron chi connectivity index (χ1n) is 6.60. The number of piperidine rings is 1. The zero-order valence-corrected chi connectivity index (χ0v) is 11.0. The van der Waals surface area contributed by atoms with E-state index in [9.17, 15) is 14.7 Å². The Kier molecular flexibility index (Phi) is 3.61. The standard InChI is InChI=1S/C13H21NO4/c1-9-4-5-10(18-9)11(15)14-7-3-6-13(2,8-14)12(16)17/h9-10H,3-8H2,1-2H3,(H,16,17). The van der Waals surface area contributed by atoms with Gasteiger partial charge in [0.05, 0.1) is 11.5 Å². The average Bonchev–Trinajstić information content (AvgIpc) is 2.75. The molecule has 1 amide bonds. The van der Waals surface area contributed by atoms with Gasteiger partial charge in [0, 0.05) is 13.1 Å². The van der Waals surface area contributed by atoms with E-state index in [1.165, 1.54) is 0 Å². The highest BCUT2D eigenvalue weighted by Gasteiger charge is 2.41. The molecular weight excluding hydrogens is 234 g/mol. The summed E-state index contributed by atoms with van der Waals surface area (Å²) in [5.41, 5.74) is -0.807. The number of hydrogen-bond acceptors (Lipinski definition) is 3. The molecule has 2 aliphatic heterocycles. The number of likely N-dealkylation sites (tertiary alicyclic amines) is 1. The van der Waals surface area contributed by atoms with Crippen molar-refractivity contribution in [2.24, 2.45) is 5.41 Å². The van der Waals surface area contributed by atoms with Crippen molar-refractivity contribution in [3.63, 3.8) is 0 Å². The van der Waals surface area contributed by atoms with Gasteiger partial charge in [0.1, 0.15) is 6.10 Å². The van der Waals surface area contributed by atoms with Crippen molar-refractivity contribution >= 4 is 11.9 Å². The lowest BCUT2D eigenvalue weighted by Gasteiger charge is -2.38. The molecule has 2 aliphatic rings. The second-order valence-corrected chi connectivity index (χ2v) is 5.74. The van der Waals surface area contributed by atoms with Crippen molar-refractivity contribution in [2.75, 3.05) is 13.1 Å². The third-order valence-electron chi connectivity index (χ3n) is 4.03. The van der Waals surface area contributed by atoms with Crippen LogP contribution in [0.3, 0.4) is 0 Å². The van der Waals surface area contributed by atoms with Crippen molar-refractivity contribution in [3.05, 3.63) is 0 Å². The predicted molar refractivity (Wildman–Crippen MR) is 65.1 cm³/mol. The van der Waals surface area contributed by atoms with Crippen LogP contribution in [-0.4, -0.2) is 47.2 Å². The van der Waals surface area contributed by atoms with Crippen LogP contribution in [0, 0.1) is 5.41 Å². The van der Waals surface area contributed by atoms with E-state index < -0.39 is 11.4 Å².